The number of hydrogen-bond acceptors (Lipinski definition) is 3. The average molecular weight is 311 g/mol. The molecule has 0 heterocycles. The maximum Gasteiger partial charge on any atom is 0.0758 e. The average Bonchev–Trinajstić information content (AvgIpc) is 2.53. The van der Waals surface area contributed by atoms with Gasteiger partial charge in [0, 0.05) is 12.2 Å². The molecular formula is C19H38N2O. The highest BCUT2D eigenvalue weighted by molar-refractivity contribution is 4.97. The molecule has 0 aromatic carbocycles. The number of rotatable bonds is 8. The molecule has 1 aliphatic rings. The van der Waals surface area contributed by atoms with Crippen LogP contribution in [0.2, 0.25) is 0 Å². The highest BCUT2D eigenvalue weighted by atomic mass is 16.6. The minimum Gasteiger partial charge on any atom is -0.304 e. The third-order valence-electron chi connectivity index (χ3n) is 4.61. The normalized spacial score (nSPS) is 18.4. The summed E-state index contributed by atoms with van der Waals surface area (Å²) in [6, 6.07) is 0. The summed E-state index contributed by atoms with van der Waals surface area (Å²) >= 11 is 0. The van der Waals surface area contributed by atoms with Crippen LogP contribution in [-0.4, -0.2) is 31.1 Å². The van der Waals surface area contributed by atoms with Crippen molar-refractivity contribution in [2.45, 2.75) is 84.5 Å². The van der Waals surface area contributed by atoms with Gasteiger partial charge in [0.15, 0.2) is 0 Å². The van der Waals surface area contributed by atoms with E-state index in [9.17, 15) is 0 Å². The molecule has 22 heavy (non-hydrogen) atoms. The van der Waals surface area contributed by atoms with Crippen molar-refractivity contribution in [2.24, 2.45) is 0 Å². The van der Waals surface area contributed by atoms with Crippen LogP contribution in [0.15, 0.2) is 11.8 Å². The summed E-state index contributed by atoms with van der Waals surface area (Å²) in [6.07, 6.45) is 16.9. The molecule has 0 amide bonds. The Balaban J connectivity index is 2.18. The van der Waals surface area contributed by atoms with E-state index in [-0.39, 0.29) is 0 Å². The van der Waals surface area contributed by atoms with E-state index in [1.165, 1.54) is 63.5 Å². The van der Waals surface area contributed by atoms with Crippen LogP contribution in [-0.2, 0) is 4.84 Å². The molecule has 0 bridgehead atoms. The van der Waals surface area contributed by atoms with E-state index in [2.05, 4.69) is 30.3 Å². The van der Waals surface area contributed by atoms with Crippen molar-refractivity contribution in [1.29, 1.82) is 0 Å². The molecule has 3 nitrogen and oxygen atoms in total. The third kappa shape index (κ3) is 10.2. The Morgan fingerprint density at radius 3 is 2.27 bits per heavy atom. The first-order valence-electron chi connectivity index (χ1n) is 9.66. The van der Waals surface area contributed by atoms with Gasteiger partial charge < -0.3 is 4.90 Å². The van der Waals surface area contributed by atoms with Crippen molar-refractivity contribution in [2.75, 3.05) is 26.2 Å². The number of allylic oxidation sites excluding steroid dienone is 2. The summed E-state index contributed by atoms with van der Waals surface area (Å²) in [5.74, 6) is 0. The van der Waals surface area contributed by atoms with Crippen LogP contribution in [0.3, 0.4) is 0 Å². The zero-order valence-electron chi connectivity index (χ0n) is 15.0. The van der Waals surface area contributed by atoms with Crippen LogP contribution in [0.5, 0.6) is 0 Å². The Hall–Kier alpha value is -0.540. The Labute approximate surface area is 138 Å². The molecule has 0 saturated heterocycles. The number of nitrogens with one attached hydrogen (secondary N) is 1. The van der Waals surface area contributed by atoms with Gasteiger partial charge >= 0.3 is 0 Å². The predicted molar refractivity (Wildman–Crippen MR) is 95.7 cm³/mol. The molecule has 0 atom stereocenters. The Morgan fingerprint density at radius 1 is 0.955 bits per heavy atom. The monoisotopic (exact) mass is 310 g/mol. The minimum atomic E-state index is 0.799. The molecule has 0 radical (unpaired) electrons. The fourth-order valence-electron chi connectivity index (χ4n) is 3.04. The zero-order chi connectivity index (χ0) is 15.9. The zero-order valence-corrected chi connectivity index (χ0v) is 15.0. The van der Waals surface area contributed by atoms with E-state index < -0.39 is 0 Å². The van der Waals surface area contributed by atoms with Gasteiger partial charge in [-0.1, -0.05) is 58.4 Å². The van der Waals surface area contributed by atoms with Crippen LogP contribution in [0, 0.1) is 0 Å². The van der Waals surface area contributed by atoms with Crippen molar-refractivity contribution in [1.82, 2.24) is 10.4 Å². The van der Waals surface area contributed by atoms with Gasteiger partial charge in [-0.15, -0.1) is 0 Å². The van der Waals surface area contributed by atoms with Crippen molar-refractivity contribution >= 4 is 0 Å². The molecule has 0 unspecified atom stereocenters. The standard InChI is InChI=1S/C19H38N2O/c1-3-21(4-2)17-14-18-22-20-19-15-12-10-8-6-5-7-9-11-13-16-19/h15,20H,3-14,16-18H2,1-2H3. The Kier molecular flexibility index (Phi) is 12.5. The second-order valence-corrected chi connectivity index (χ2v) is 6.43. The maximum atomic E-state index is 5.69. The van der Waals surface area contributed by atoms with E-state index in [4.69, 9.17) is 4.84 Å². The summed E-state index contributed by atoms with van der Waals surface area (Å²) in [5.41, 5.74) is 4.53. The van der Waals surface area contributed by atoms with Gasteiger partial charge in [-0.3, -0.25) is 10.3 Å². The Morgan fingerprint density at radius 2 is 1.59 bits per heavy atom. The molecule has 0 aliphatic heterocycles. The number of hydrogen-bond donors (Lipinski definition) is 1. The first kappa shape index (κ1) is 19.5. The second-order valence-electron chi connectivity index (χ2n) is 6.43. The molecule has 1 aliphatic carbocycles. The van der Waals surface area contributed by atoms with Crippen molar-refractivity contribution in [3.05, 3.63) is 11.8 Å². The van der Waals surface area contributed by atoms with Crippen molar-refractivity contribution in [3.63, 3.8) is 0 Å². The van der Waals surface area contributed by atoms with Gasteiger partial charge in [0.1, 0.15) is 0 Å². The highest BCUT2D eigenvalue weighted by Crippen LogP contribution is 2.15. The van der Waals surface area contributed by atoms with Gasteiger partial charge in [-0.05, 0) is 45.2 Å². The van der Waals surface area contributed by atoms with Gasteiger partial charge in [0.25, 0.3) is 0 Å². The molecule has 1 N–H and O–H groups in total. The first-order valence-corrected chi connectivity index (χ1v) is 9.66. The van der Waals surface area contributed by atoms with E-state index in [1.54, 1.807) is 0 Å². The predicted octanol–water partition coefficient (Wildman–Crippen LogP) is 5.04. The first-order chi connectivity index (χ1) is 10.9. The van der Waals surface area contributed by atoms with Crippen LogP contribution < -0.4 is 5.48 Å². The lowest BCUT2D eigenvalue weighted by atomic mass is 10.0. The highest BCUT2D eigenvalue weighted by Gasteiger charge is 2.02. The third-order valence-corrected chi connectivity index (χ3v) is 4.61. The van der Waals surface area contributed by atoms with Crippen LogP contribution in [0.25, 0.3) is 0 Å². The Bertz CT molecular complexity index is 275. The lowest BCUT2D eigenvalue weighted by molar-refractivity contribution is 0.0531. The molecule has 3 heteroatoms. The van der Waals surface area contributed by atoms with Crippen LogP contribution in [0.4, 0.5) is 0 Å². The molecule has 0 aromatic heterocycles. The summed E-state index contributed by atoms with van der Waals surface area (Å²) in [4.78, 5) is 8.13. The quantitative estimate of drug-likeness (QED) is 0.502. The molecule has 1 rings (SSSR count). The largest absolute Gasteiger partial charge is 0.304 e. The maximum absolute atomic E-state index is 5.69. The fourth-order valence-corrected chi connectivity index (χ4v) is 3.04. The molecule has 130 valence electrons. The van der Waals surface area contributed by atoms with Gasteiger partial charge in [0.2, 0.25) is 0 Å². The van der Waals surface area contributed by atoms with Gasteiger partial charge in [-0.25, -0.2) is 0 Å². The molecular weight excluding hydrogens is 272 g/mol. The van der Waals surface area contributed by atoms with Gasteiger partial charge in [-0.2, -0.15) is 0 Å². The van der Waals surface area contributed by atoms with Crippen molar-refractivity contribution in [3.8, 4) is 0 Å². The van der Waals surface area contributed by atoms with Crippen molar-refractivity contribution < 1.29 is 4.84 Å². The van der Waals surface area contributed by atoms with Crippen LogP contribution >= 0.6 is 0 Å². The smallest absolute Gasteiger partial charge is 0.0758 e. The second kappa shape index (κ2) is 14.1. The lowest BCUT2D eigenvalue weighted by Crippen LogP contribution is -2.26. The number of hydroxylamine groups is 1. The molecule has 0 fully saturated rings. The topological polar surface area (TPSA) is 24.5 Å². The van der Waals surface area contributed by atoms with E-state index >= 15 is 0 Å². The SMILES string of the molecule is CCN(CC)CCCONC1=CCCCCCCCCCC1. The van der Waals surface area contributed by atoms with E-state index in [0.29, 0.717) is 0 Å². The molecule has 0 aromatic rings. The summed E-state index contributed by atoms with van der Waals surface area (Å²) in [6.45, 7) is 8.64. The van der Waals surface area contributed by atoms with Crippen LogP contribution in [0.1, 0.15) is 84.5 Å². The van der Waals surface area contributed by atoms with Gasteiger partial charge in [0.05, 0.1) is 6.61 Å². The summed E-state index contributed by atoms with van der Waals surface area (Å²) in [7, 11) is 0. The molecule has 0 saturated carbocycles. The minimum absolute atomic E-state index is 0.799. The number of nitrogens with zero attached hydrogens (tertiary/aromatic N) is 1. The molecule has 0 spiro atoms. The summed E-state index contributed by atoms with van der Waals surface area (Å²) < 4.78 is 0. The summed E-state index contributed by atoms with van der Waals surface area (Å²) in [5, 5.41) is 0. The fraction of sp³-hybridized carbons (Fsp3) is 0.895. The van der Waals surface area contributed by atoms with E-state index in [0.717, 1.165) is 39.1 Å². The lowest BCUT2D eigenvalue weighted by Gasteiger charge is -2.18. The van der Waals surface area contributed by atoms with E-state index in [1.807, 2.05) is 0 Å².